The Hall–Kier alpha value is 0. The molecule has 0 aromatic heterocycles. The second-order valence-electron chi connectivity index (χ2n) is 36.4. The summed E-state index contributed by atoms with van der Waals surface area (Å²) in [5.41, 5.74) is 0. The molecular formula is C102H206. The van der Waals surface area contributed by atoms with E-state index in [0.29, 0.717) is 0 Å². The maximum atomic E-state index is 2.47. The fraction of sp³-hybridized carbons (Fsp3) is 1.00. The lowest BCUT2D eigenvalue weighted by Gasteiger charge is -2.12. The second kappa shape index (κ2) is 97.1. The van der Waals surface area contributed by atoms with Crippen molar-refractivity contribution in [3.8, 4) is 0 Å². The zero-order valence-corrected chi connectivity index (χ0v) is 73.0. The molecule has 0 saturated carbocycles. The molecule has 0 spiro atoms. The predicted octanol–water partition coefficient (Wildman–Crippen LogP) is 39.7. The van der Waals surface area contributed by atoms with Gasteiger partial charge in [0.05, 0.1) is 0 Å². The SMILES string of the molecule is CCCCCCCCCCCCCCCCCCCCCCCCCCCCCCCCCCCCCCCCCCCCCCCCCCCCCCCCCCCCCCCCCCCCCCCCCCCCCCCCCCCCCCCCCCCCCCCC(C)CCC(C)C. The maximum Gasteiger partial charge on any atom is -0.0443 e. The number of unbranched alkanes of at least 4 members (excludes halogenated alkanes) is 92. The Kier molecular flexibility index (Phi) is 97.1. The van der Waals surface area contributed by atoms with Crippen molar-refractivity contribution in [3.05, 3.63) is 0 Å². The van der Waals surface area contributed by atoms with Gasteiger partial charge in [0.15, 0.2) is 0 Å². The first-order valence-electron chi connectivity index (χ1n) is 50.7. The van der Waals surface area contributed by atoms with Crippen molar-refractivity contribution < 1.29 is 0 Å². The summed E-state index contributed by atoms with van der Waals surface area (Å²) >= 11 is 0. The number of rotatable bonds is 97. The van der Waals surface area contributed by atoms with Crippen LogP contribution in [-0.4, -0.2) is 0 Å². The summed E-state index contributed by atoms with van der Waals surface area (Å²) in [7, 11) is 0. The molecule has 0 saturated heterocycles. The fourth-order valence-electron chi connectivity index (χ4n) is 17.4. The van der Waals surface area contributed by atoms with E-state index in [9.17, 15) is 0 Å². The number of hydrogen-bond acceptors (Lipinski definition) is 0. The number of hydrogen-bond donors (Lipinski definition) is 0. The average molecular weight is 1430 g/mol. The van der Waals surface area contributed by atoms with E-state index in [1.165, 1.54) is 616 Å². The Balaban J connectivity index is 3.10. The van der Waals surface area contributed by atoms with Crippen molar-refractivity contribution >= 4 is 0 Å². The van der Waals surface area contributed by atoms with Crippen LogP contribution >= 0.6 is 0 Å². The molecule has 0 rings (SSSR count). The molecule has 0 aromatic carbocycles. The van der Waals surface area contributed by atoms with E-state index in [1.807, 2.05) is 0 Å². The minimum Gasteiger partial charge on any atom is -0.0654 e. The Labute approximate surface area is 652 Å². The maximum absolute atomic E-state index is 2.47. The summed E-state index contributed by atoms with van der Waals surface area (Å²) in [6.07, 6.45) is 143. The van der Waals surface area contributed by atoms with Crippen LogP contribution in [0.1, 0.15) is 644 Å². The van der Waals surface area contributed by atoms with E-state index in [4.69, 9.17) is 0 Å². The van der Waals surface area contributed by atoms with Gasteiger partial charge < -0.3 is 0 Å². The predicted molar refractivity (Wildman–Crippen MR) is 473 cm³/mol. The third-order valence-electron chi connectivity index (χ3n) is 25.0. The van der Waals surface area contributed by atoms with Gasteiger partial charge in [0.2, 0.25) is 0 Å². The Morgan fingerprint density at radius 3 is 0.275 bits per heavy atom. The smallest absolute Gasteiger partial charge is 0.0443 e. The zero-order valence-electron chi connectivity index (χ0n) is 73.0. The van der Waals surface area contributed by atoms with E-state index in [-0.39, 0.29) is 0 Å². The first-order valence-corrected chi connectivity index (χ1v) is 50.7. The lowest BCUT2D eigenvalue weighted by Crippen LogP contribution is -1.98. The van der Waals surface area contributed by atoms with E-state index in [0.717, 1.165) is 11.8 Å². The van der Waals surface area contributed by atoms with Crippen LogP contribution in [0.3, 0.4) is 0 Å². The van der Waals surface area contributed by atoms with Gasteiger partial charge in [-0.05, 0) is 11.8 Å². The summed E-state index contributed by atoms with van der Waals surface area (Å²) in [5, 5.41) is 0. The molecule has 614 valence electrons. The fourth-order valence-corrected chi connectivity index (χ4v) is 17.4. The Morgan fingerprint density at radius 1 is 0.0980 bits per heavy atom. The molecule has 0 amide bonds. The molecule has 0 radical (unpaired) electrons. The second-order valence-corrected chi connectivity index (χ2v) is 36.4. The standard InChI is InChI=1S/C102H206/c1-5-6-7-8-9-10-11-12-13-14-15-16-17-18-19-20-21-22-23-24-25-26-27-28-29-30-31-32-33-34-35-36-37-38-39-40-41-42-43-44-45-46-47-48-49-50-51-52-53-54-55-56-57-58-59-60-61-62-63-64-65-66-67-68-69-70-71-72-73-74-75-76-77-78-79-80-81-82-83-84-85-86-87-88-89-90-91-92-93-94-95-96-97-98-102(4)100-99-101(2)3/h101-102H,5-100H2,1-4H3. The Bertz CT molecular complexity index is 1360. The molecule has 1 unspecified atom stereocenters. The van der Waals surface area contributed by atoms with E-state index < -0.39 is 0 Å². The highest BCUT2D eigenvalue weighted by Crippen LogP contribution is 2.25. The van der Waals surface area contributed by atoms with Gasteiger partial charge in [0.25, 0.3) is 0 Å². The molecule has 0 heteroatoms. The van der Waals surface area contributed by atoms with Gasteiger partial charge in [-0.2, -0.15) is 0 Å². The van der Waals surface area contributed by atoms with Crippen LogP contribution in [0.5, 0.6) is 0 Å². The highest BCUT2D eigenvalue weighted by molar-refractivity contribution is 4.61. The summed E-state index contributed by atoms with van der Waals surface area (Å²) in [6, 6.07) is 0. The topological polar surface area (TPSA) is 0 Å². The van der Waals surface area contributed by atoms with Crippen molar-refractivity contribution in [2.24, 2.45) is 11.8 Å². The molecule has 0 bridgehead atoms. The van der Waals surface area contributed by atoms with Crippen LogP contribution in [0.25, 0.3) is 0 Å². The lowest BCUT2D eigenvalue weighted by atomic mass is 9.94. The molecule has 0 nitrogen and oxygen atoms in total. The quantitative estimate of drug-likeness (QED) is 0.0533. The van der Waals surface area contributed by atoms with Gasteiger partial charge in [-0.15, -0.1) is 0 Å². The minimum atomic E-state index is 0.878. The van der Waals surface area contributed by atoms with Gasteiger partial charge in [-0.25, -0.2) is 0 Å². The van der Waals surface area contributed by atoms with Gasteiger partial charge in [0, 0.05) is 0 Å². The molecule has 102 heavy (non-hydrogen) atoms. The van der Waals surface area contributed by atoms with Gasteiger partial charge in [-0.1, -0.05) is 644 Å². The van der Waals surface area contributed by atoms with Gasteiger partial charge in [0.1, 0.15) is 0 Å². The summed E-state index contributed by atoms with van der Waals surface area (Å²) in [6.45, 7) is 9.52. The van der Waals surface area contributed by atoms with Crippen LogP contribution in [0.4, 0.5) is 0 Å². The molecule has 0 fully saturated rings. The molecular weight excluding hydrogens is 1230 g/mol. The highest BCUT2D eigenvalue weighted by Gasteiger charge is 2.06. The first kappa shape index (κ1) is 102. The average Bonchev–Trinajstić information content (AvgIpc) is 3.80. The molecule has 0 heterocycles. The lowest BCUT2D eigenvalue weighted by molar-refractivity contribution is 0.409. The molecule has 0 aromatic rings. The molecule has 0 aliphatic heterocycles. The highest BCUT2D eigenvalue weighted by atomic mass is 14.1. The van der Waals surface area contributed by atoms with E-state index >= 15 is 0 Å². The van der Waals surface area contributed by atoms with Crippen molar-refractivity contribution in [2.45, 2.75) is 644 Å². The van der Waals surface area contributed by atoms with Gasteiger partial charge in [-0.3, -0.25) is 0 Å². The van der Waals surface area contributed by atoms with Crippen LogP contribution in [0.15, 0.2) is 0 Å². The summed E-state index contributed by atoms with van der Waals surface area (Å²) in [5.74, 6) is 1.83. The van der Waals surface area contributed by atoms with Crippen LogP contribution in [-0.2, 0) is 0 Å². The largest absolute Gasteiger partial charge is 0.0654 e. The normalized spacial score (nSPS) is 12.2. The van der Waals surface area contributed by atoms with Crippen LogP contribution in [0.2, 0.25) is 0 Å². The summed E-state index contributed by atoms with van der Waals surface area (Å²) < 4.78 is 0. The molecule has 1 atom stereocenters. The van der Waals surface area contributed by atoms with Crippen molar-refractivity contribution in [1.29, 1.82) is 0 Å². The minimum absolute atomic E-state index is 0.878. The first-order chi connectivity index (χ1) is 50.7. The molecule has 0 aliphatic carbocycles. The van der Waals surface area contributed by atoms with Crippen molar-refractivity contribution in [1.82, 2.24) is 0 Å². The Morgan fingerprint density at radius 2 is 0.186 bits per heavy atom. The monoisotopic (exact) mass is 1430 g/mol. The zero-order chi connectivity index (χ0) is 73.0. The van der Waals surface area contributed by atoms with Crippen LogP contribution < -0.4 is 0 Å². The molecule has 0 aliphatic rings. The summed E-state index contributed by atoms with van der Waals surface area (Å²) in [4.78, 5) is 0. The van der Waals surface area contributed by atoms with E-state index in [2.05, 4.69) is 27.7 Å². The van der Waals surface area contributed by atoms with E-state index in [1.54, 1.807) is 0 Å². The third-order valence-corrected chi connectivity index (χ3v) is 25.0. The molecule has 0 N–H and O–H groups in total. The van der Waals surface area contributed by atoms with Crippen molar-refractivity contribution in [3.63, 3.8) is 0 Å². The van der Waals surface area contributed by atoms with Gasteiger partial charge >= 0.3 is 0 Å². The van der Waals surface area contributed by atoms with Crippen LogP contribution in [0, 0.1) is 11.8 Å². The van der Waals surface area contributed by atoms with Crippen molar-refractivity contribution in [2.75, 3.05) is 0 Å². The third kappa shape index (κ3) is 98.0.